The first kappa shape index (κ1) is 23.1. The van der Waals surface area contributed by atoms with E-state index in [1.54, 1.807) is 0 Å². The molecule has 0 aliphatic heterocycles. The zero-order valence-electron chi connectivity index (χ0n) is 16.8. The summed E-state index contributed by atoms with van der Waals surface area (Å²) in [6, 6.07) is 9.07. The Hall–Kier alpha value is -0.940. The third-order valence-electron chi connectivity index (χ3n) is 4.75. The molecule has 0 spiro atoms. The number of nitrogens with two attached hydrogens (primary N) is 2. The van der Waals surface area contributed by atoms with E-state index >= 15 is 0 Å². The molecule has 1 rings (SSSR count). The number of hydrogen-bond acceptors (Lipinski definition) is 4. The van der Waals surface area contributed by atoms with Crippen LogP contribution in [0.5, 0.6) is 0 Å². The van der Waals surface area contributed by atoms with Crippen LogP contribution in [-0.4, -0.2) is 32.7 Å². The highest BCUT2D eigenvalue weighted by Crippen LogP contribution is 2.10. The maximum atomic E-state index is 5.52. The van der Waals surface area contributed by atoms with Gasteiger partial charge in [0.2, 0.25) is 0 Å². The summed E-state index contributed by atoms with van der Waals surface area (Å²) < 4.78 is 0. The maximum Gasteiger partial charge on any atom is 0.0205 e. The summed E-state index contributed by atoms with van der Waals surface area (Å²) in [5.41, 5.74) is 13.9. The van der Waals surface area contributed by atoms with E-state index in [2.05, 4.69) is 34.9 Å². The van der Waals surface area contributed by atoms with Crippen LogP contribution in [0.15, 0.2) is 24.3 Å². The molecule has 0 bridgehead atoms. The topological polar surface area (TPSA) is 76.1 Å². The van der Waals surface area contributed by atoms with E-state index in [0.717, 1.165) is 45.7 Å². The van der Waals surface area contributed by atoms with E-state index in [0.29, 0.717) is 0 Å². The minimum atomic E-state index is 0.785. The van der Waals surface area contributed by atoms with Crippen LogP contribution < -0.4 is 22.1 Å². The molecular weight excluding hydrogens is 320 g/mol. The molecule has 0 aromatic heterocycles. The largest absolute Gasteiger partial charge is 0.330 e. The molecule has 0 radical (unpaired) electrons. The van der Waals surface area contributed by atoms with Crippen LogP contribution in [0, 0.1) is 0 Å². The standard InChI is InChI=1S/C22H42N4/c23-14-6-2-1-3-7-17-26-20-22-13-9-12-21(19-22)11-5-4-8-16-25-18-10-15-24/h9,12-13,19,25-26H,1-8,10-11,14-18,20,23-24H2. The molecule has 0 unspecified atom stereocenters. The van der Waals surface area contributed by atoms with Gasteiger partial charge in [-0.3, -0.25) is 0 Å². The molecule has 0 saturated heterocycles. The van der Waals surface area contributed by atoms with Gasteiger partial charge in [-0.1, -0.05) is 49.9 Å². The first-order valence-electron chi connectivity index (χ1n) is 10.8. The first-order chi connectivity index (χ1) is 12.9. The van der Waals surface area contributed by atoms with Crippen molar-refractivity contribution in [1.82, 2.24) is 10.6 Å². The van der Waals surface area contributed by atoms with Gasteiger partial charge in [0.05, 0.1) is 0 Å². The summed E-state index contributed by atoms with van der Waals surface area (Å²) in [6.07, 6.45) is 12.5. The normalized spacial score (nSPS) is 11.2. The molecule has 26 heavy (non-hydrogen) atoms. The molecule has 4 nitrogen and oxygen atoms in total. The second-order valence-corrected chi connectivity index (χ2v) is 7.26. The third-order valence-corrected chi connectivity index (χ3v) is 4.75. The van der Waals surface area contributed by atoms with Crippen molar-refractivity contribution in [1.29, 1.82) is 0 Å². The van der Waals surface area contributed by atoms with Gasteiger partial charge < -0.3 is 22.1 Å². The van der Waals surface area contributed by atoms with Crippen molar-refractivity contribution in [2.24, 2.45) is 11.5 Å². The van der Waals surface area contributed by atoms with Crippen LogP contribution in [-0.2, 0) is 13.0 Å². The number of benzene rings is 1. The fraction of sp³-hybridized carbons (Fsp3) is 0.727. The quantitative estimate of drug-likeness (QED) is 0.302. The number of aryl methyl sites for hydroxylation is 1. The zero-order chi connectivity index (χ0) is 18.7. The molecule has 0 aliphatic carbocycles. The summed E-state index contributed by atoms with van der Waals surface area (Å²) >= 11 is 0. The Labute approximate surface area is 161 Å². The van der Waals surface area contributed by atoms with Crippen LogP contribution >= 0.6 is 0 Å². The van der Waals surface area contributed by atoms with E-state index in [1.807, 2.05) is 0 Å². The zero-order valence-corrected chi connectivity index (χ0v) is 16.8. The number of hydrogen-bond donors (Lipinski definition) is 4. The highest BCUT2D eigenvalue weighted by molar-refractivity contribution is 5.23. The van der Waals surface area contributed by atoms with Crippen LogP contribution in [0.4, 0.5) is 0 Å². The van der Waals surface area contributed by atoms with Crippen molar-refractivity contribution in [3.63, 3.8) is 0 Å². The van der Waals surface area contributed by atoms with E-state index in [4.69, 9.17) is 11.5 Å². The van der Waals surface area contributed by atoms with E-state index in [9.17, 15) is 0 Å². The Morgan fingerprint density at radius 1 is 0.615 bits per heavy atom. The Morgan fingerprint density at radius 3 is 2.04 bits per heavy atom. The average Bonchev–Trinajstić information content (AvgIpc) is 2.66. The van der Waals surface area contributed by atoms with Crippen molar-refractivity contribution < 1.29 is 0 Å². The van der Waals surface area contributed by atoms with Crippen LogP contribution in [0.2, 0.25) is 0 Å². The lowest BCUT2D eigenvalue weighted by Crippen LogP contribution is -2.19. The third kappa shape index (κ3) is 13.3. The first-order valence-corrected chi connectivity index (χ1v) is 10.8. The number of nitrogens with one attached hydrogen (secondary N) is 2. The molecule has 0 saturated carbocycles. The van der Waals surface area contributed by atoms with Crippen LogP contribution in [0.25, 0.3) is 0 Å². The van der Waals surface area contributed by atoms with Crippen molar-refractivity contribution in [3.05, 3.63) is 35.4 Å². The molecule has 0 heterocycles. The minimum absolute atomic E-state index is 0.785. The Kier molecular flexibility index (Phi) is 15.5. The Balaban J connectivity index is 2.03. The fourth-order valence-corrected chi connectivity index (χ4v) is 3.16. The Bertz CT molecular complexity index is 387. The molecular formula is C22H42N4. The minimum Gasteiger partial charge on any atom is -0.330 e. The van der Waals surface area contributed by atoms with Crippen molar-refractivity contribution in [2.75, 3.05) is 32.7 Å². The second-order valence-electron chi connectivity index (χ2n) is 7.26. The lowest BCUT2D eigenvalue weighted by atomic mass is 10.0. The Morgan fingerprint density at radius 2 is 1.23 bits per heavy atom. The lowest BCUT2D eigenvalue weighted by Gasteiger charge is -2.08. The number of rotatable bonds is 18. The molecule has 150 valence electrons. The van der Waals surface area contributed by atoms with Gasteiger partial charge in [0.25, 0.3) is 0 Å². The predicted octanol–water partition coefficient (Wildman–Crippen LogP) is 3.34. The molecule has 0 atom stereocenters. The van der Waals surface area contributed by atoms with Gasteiger partial charge in [-0.05, 0) is 82.4 Å². The molecule has 0 aliphatic rings. The van der Waals surface area contributed by atoms with Gasteiger partial charge >= 0.3 is 0 Å². The summed E-state index contributed by atoms with van der Waals surface area (Å²) in [5.74, 6) is 0. The van der Waals surface area contributed by atoms with E-state index in [1.165, 1.54) is 68.9 Å². The maximum absolute atomic E-state index is 5.52. The summed E-state index contributed by atoms with van der Waals surface area (Å²) in [6.45, 7) is 5.90. The molecule has 0 fully saturated rings. The number of unbranched alkanes of at least 4 members (excludes halogenated alkanes) is 6. The van der Waals surface area contributed by atoms with Crippen molar-refractivity contribution in [3.8, 4) is 0 Å². The van der Waals surface area contributed by atoms with Gasteiger partial charge in [-0.15, -0.1) is 0 Å². The van der Waals surface area contributed by atoms with Gasteiger partial charge in [0.1, 0.15) is 0 Å². The lowest BCUT2D eigenvalue weighted by molar-refractivity contribution is 0.577. The van der Waals surface area contributed by atoms with Gasteiger partial charge in [0.15, 0.2) is 0 Å². The van der Waals surface area contributed by atoms with Crippen molar-refractivity contribution >= 4 is 0 Å². The van der Waals surface area contributed by atoms with Crippen LogP contribution in [0.3, 0.4) is 0 Å². The fourth-order valence-electron chi connectivity index (χ4n) is 3.16. The highest BCUT2D eigenvalue weighted by atomic mass is 14.8. The highest BCUT2D eigenvalue weighted by Gasteiger charge is 1.98. The van der Waals surface area contributed by atoms with E-state index < -0.39 is 0 Å². The molecule has 1 aromatic carbocycles. The van der Waals surface area contributed by atoms with Gasteiger partial charge in [-0.25, -0.2) is 0 Å². The van der Waals surface area contributed by atoms with Gasteiger partial charge in [0, 0.05) is 6.54 Å². The second kappa shape index (κ2) is 17.5. The average molecular weight is 363 g/mol. The smallest absolute Gasteiger partial charge is 0.0205 e. The summed E-state index contributed by atoms with van der Waals surface area (Å²) in [4.78, 5) is 0. The molecule has 6 N–H and O–H groups in total. The monoisotopic (exact) mass is 362 g/mol. The van der Waals surface area contributed by atoms with Gasteiger partial charge in [-0.2, -0.15) is 0 Å². The predicted molar refractivity (Wildman–Crippen MR) is 114 cm³/mol. The van der Waals surface area contributed by atoms with E-state index in [-0.39, 0.29) is 0 Å². The van der Waals surface area contributed by atoms with Crippen LogP contribution in [0.1, 0.15) is 68.9 Å². The summed E-state index contributed by atoms with van der Waals surface area (Å²) in [7, 11) is 0. The summed E-state index contributed by atoms with van der Waals surface area (Å²) in [5, 5.41) is 7.03. The SMILES string of the molecule is NCCCCCCCNCc1cccc(CCCCCNCCCN)c1. The molecule has 1 aromatic rings. The molecule has 0 amide bonds. The molecule has 4 heteroatoms. The van der Waals surface area contributed by atoms with Crippen molar-refractivity contribution in [2.45, 2.75) is 70.8 Å².